The summed E-state index contributed by atoms with van der Waals surface area (Å²) in [5.74, 6) is 2.08. The van der Waals surface area contributed by atoms with Crippen LogP contribution in [0.1, 0.15) is 22.9 Å². The van der Waals surface area contributed by atoms with E-state index in [0.717, 1.165) is 17.0 Å². The van der Waals surface area contributed by atoms with Crippen molar-refractivity contribution >= 4 is 5.96 Å². The fourth-order valence-electron chi connectivity index (χ4n) is 2.28. The van der Waals surface area contributed by atoms with Crippen LogP contribution in [0.15, 0.2) is 27.6 Å². The van der Waals surface area contributed by atoms with E-state index >= 15 is 0 Å². The highest BCUT2D eigenvalue weighted by molar-refractivity contribution is 5.79. The lowest BCUT2D eigenvalue weighted by Crippen LogP contribution is -2.36. The summed E-state index contributed by atoms with van der Waals surface area (Å²) in [6, 6.07) is 4.69. The highest BCUT2D eigenvalue weighted by Gasteiger charge is 2.29. The van der Waals surface area contributed by atoms with Crippen molar-refractivity contribution in [2.45, 2.75) is 33.1 Å². The lowest BCUT2D eigenvalue weighted by atomic mass is 10.2. The lowest BCUT2D eigenvalue weighted by molar-refractivity contribution is -0.153. The van der Waals surface area contributed by atoms with Crippen molar-refractivity contribution in [1.82, 2.24) is 15.6 Å². The molecule has 2 aromatic rings. The number of guanidine groups is 1. The molecule has 28 heavy (non-hydrogen) atoms. The van der Waals surface area contributed by atoms with Crippen LogP contribution in [-0.4, -0.2) is 37.9 Å². The van der Waals surface area contributed by atoms with Gasteiger partial charge >= 0.3 is 6.18 Å². The molecule has 0 aliphatic carbocycles. The topological polar surface area (TPSA) is 80.9 Å². The van der Waals surface area contributed by atoms with Crippen LogP contribution in [0.25, 0.3) is 0 Å². The third-order valence-electron chi connectivity index (χ3n) is 3.78. The number of benzene rings is 1. The fraction of sp³-hybridized carbons (Fsp3) is 0.444. The zero-order valence-electron chi connectivity index (χ0n) is 16.1. The van der Waals surface area contributed by atoms with Gasteiger partial charge in [-0.2, -0.15) is 13.2 Å². The first-order valence-corrected chi connectivity index (χ1v) is 8.45. The Labute approximate surface area is 161 Å². The molecule has 0 aliphatic heterocycles. The van der Waals surface area contributed by atoms with Gasteiger partial charge in [0.25, 0.3) is 0 Å². The third kappa shape index (κ3) is 6.36. The molecule has 2 rings (SSSR count). The van der Waals surface area contributed by atoms with Crippen molar-refractivity contribution < 1.29 is 27.1 Å². The first-order valence-electron chi connectivity index (χ1n) is 8.45. The van der Waals surface area contributed by atoms with Crippen LogP contribution >= 0.6 is 0 Å². The van der Waals surface area contributed by atoms with Gasteiger partial charge in [0.05, 0.1) is 19.3 Å². The average Bonchev–Trinajstić information content (AvgIpc) is 2.97. The van der Waals surface area contributed by atoms with Crippen LogP contribution < -0.4 is 20.1 Å². The molecule has 10 heteroatoms. The number of aryl methyl sites for hydroxylation is 2. The Kier molecular flexibility index (Phi) is 7.13. The minimum absolute atomic E-state index is 0.0284. The molecule has 154 valence electrons. The summed E-state index contributed by atoms with van der Waals surface area (Å²) in [6.07, 6.45) is -4.41. The van der Waals surface area contributed by atoms with Gasteiger partial charge in [-0.25, -0.2) is 4.98 Å². The van der Waals surface area contributed by atoms with E-state index in [4.69, 9.17) is 13.9 Å². The zero-order valence-corrected chi connectivity index (χ0v) is 16.1. The monoisotopic (exact) mass is 400 g/mol. The summed E-state index contributed by atoms with van der Waals surface area (Å²) in [5, 5.41) is 6.17. The molecule has 0 spiro atoms. The number of halogens is 3. The van der Waals surface area contributed by atoms with Crippen LogP contribution in [0.5, 0.6) is 11.5 Å². The van der Waals surface area contributed by atoms with Gasteiger partial charge in [0.15, 0.2) is 24.1 Å². The standard InChI is InChI=1S/C18H23F3N4O3/c1-11-12(2)28-16(25-11)9-24-17(22-3)23-8-13-5-6-14(15(7-13)26-4)27-10-18(19,20)21/h5-7H,8-10H2,1-4H3,(H2,22,23,24). The van der Waals surface area contributed by atoms with Crippen LogP contribution in [0, 0.1) is 13.8 Å². The Morgan fingerprint density at radius 3 is 2.46 bits per heavy atom. The normalized spacial score (nSPS) is 12.0. The maximum Gasteiger partial charge on any atom is 0.422 e. The summed E-state index contributed by atoms with van der Waals surface area (Å²) in [7, 11) is 2.99. The van der Waals surface area contributed by atoms with Gasteiger partial charge in [-0.15, -0.1) is 0 Å². The molecule has 7 nitrogen and oxygen atoms in total. The number of hydrogen-bond donors (Lipinski definition) is 2. The molecule has 0 saturated heterocycles. The molecule has 2 N–H and O–H groups in total. The molecule has 1 aromatic heterocycles. The van der Waals surface area contributed by atoms with Gasteiger partial charge in [-0.05, 0) is 31.5 Å². The van der Waals surface area contributed by atoms with E-state index in [9.17, 15) is 13.2 Å². The SMILES string of the molecule is CN=C(NCc1ccc(OCC(F)(F)F)c(OC)c1)NCc1nc(C)c(C)o1. The van der Waals surface area contributed by atoms with Gasteiger partial charge in [-0.1, -0.05) is 6.07 Å². The molecule has 0 unspecified atom stereocenters. The molecule has 1 heterocycles. The first-order chi connectivity index (χ1) is 13.2. The number of aromatic nitrogens is 1. The summed E-state index contributed by atoms with van der Waals surface area (Å²) in [5.41, 5.74) is 1.61. The number of alkyl halides is 3. The molecule has 0 amide bonds. The summed E-state index contributed by atoms with van der Waals surface area (Å²) < 4.78 is 52.3. The van der Waals surface area contributed by atoms with Crippen molar-refractivity contribution in [1.29, 1.82) is 0 Å². The minimum atomic E-state index is -4.41. The Hall–Kier alpha value is -2.91. The van der Waals surface area contributed by atoms with Gasteiger partial charge < -0.3 is 24.5 Å². The van der Waals surface area contributed by atoms with E-state index < -0.39 is 12.8 Å². The first kappa shape index (κ1) is 21.4. The van der Waals surface area contributed by atoms with E-state index in [1.54, 1.807) is 19.2 Å². The fourth-order valence-corrected chi connectivity index (χ4v) is 2.28. The number of methoxy groups -OCH3 is 1. The molecule has 0 fully saturated rings. The molecule has 0 radical (unpaired) electrons. The Balaban J connectivity index is 1.92. The Morgan fingerprint density at radius 2 is 1.89 bits per heavy atom. The molecular weight excluding hydrogens is 377 g/mol. The van der Waals surface area contributed by atoms with E-state index in [2.05, 4.69) is 20.6 Å². The third-order valence-corrected chi connectivity index (χ3v) is 3.78. The zero-order chi connectivity index (χ0) is 20.7. The van der Waals surface area contributed by atoms with Crippen LogP contribution in [-0.2, 0) is 13.1 Å². The second-order valence-electron chi connectivity index (χ2n) is 5.92. The van der Waals surface area contributed by atoms with Gasteiger partial charge in [0.2, 0.25) is 5.89 Å². The van der Waals surface area contributed by atoms with Crippen LogP contribution in [0.3, 0.4) is 0 Å². The van der Waals surface area contributed by atoms with Gasteiger partial charge in [0, 0.05) is 13.6 Å². The largest absolute Gasteiger partial charge is 0.493 e. The van der Waals surface area contributed by atoms with Gasteiger partial charge in [0.1, 0.15) is 5.76 Å². The second kappa shape index (κ2) is 9.34. The van der Waals surface area contributed by atoms with E-state index in [1.807, 2.05) is 13.8 Å². The average molecular weight is 400 g/mol. The van der Waals surface area contributed by atoms with Crippen molar-refractivity contribution in [3.8, 4) is 11.5 Å². The molecular formula is C18H23F3N4O3. The molecule has 0 bridgehead atoms. The number of aliphatic imine (C=N–C) groups is 1. The molecule has 1 aromatic carbocycles. The predicted molar refractivity (Wildman–Crippen MR) is 97.6 cm³/mol. The number of nitrogens with zero attached hydrogens (tertiary/aromatic N) is 2. The lowest BCUT2D eigenvalue weighted by Gasteiger charge is -2.15. The smallest absolute Gasteiger partial charge is 0.422 e. The molecule has 0 aliphatic rings. The van der Waals surface area contributed by atoms with Crippen molar-refractivity contribution in [2.24, 2.45) is 4.99 Å². The quantitative estimate of drug-likeness (QED) is 0.549. The summed E-state index contributed by atoms with van der Waals surface area (Å²) >= 11 is 0. The number of oxazole rings is 1. The number of ether oxygens (including phenoxy) is 2. The summed E-state index contributed by atoms with van der Waals surface area (Å²) in [6.45, 7) is 3.07. The number of nitrogens with one attached hydrogen (secondary N) is 2. The Morgan fingerprint density at radius 1 is 1.18 bits per heavy atom. The second-order valence-corrected chi connectivity index (χ2v) is 5.92. The highest BCUT2D eigenvalue weighted by atomic mass is 19.4. The van der Waals surface area contributed by atoms with Crippen molar-refractivity contribution in [3.05, 3.63) is 41.1 Å². The molecule has 0 atom stereocenters. The Bertz CT molecular complexity index is 799. The van der Waals surface area contributed by atoms with E-state index in [-0.39, 0.29) is 11.5 Å². The molecule has 0 saturated carbocycles. The minimum Gasteiger partial charge on any atom is -0.493 e. The van der Waals surface area contributed by atoms with E-state index in [1.165, 1.54) is 13.2 Å². The number of hydrogen-bond acceptors (Lipinski definition) is 5. The predicted octanol–water partition coefficient (Wildman–Crippen LogP) is 3.11. The van der Waals surface area contributed by atoms with Crippen LogP contribution in [0.4, 0.5) is 13.2 Å². The summed E-state index contributed by atoms with van der Waals surface area (Å²) in [4.78, 5) is 8.39. The van der Waals surface area contributed by atoms with Crippen molar-refractivity contribution in [3.63, 3.8) is 0 Å². The van der Waals surface area contributed by atoms with Crippen molar-refractivity contribution in [2.75, 3.05) is 20.8 Å². The number of rotatable bonds is 7. The van der Waals surface area contributed by atoms with E-state index in [0.29, 0.717) is 24.9 Å². The van der Waals surface area contributed by atoms with Crippen LogP contribution in [0.2, 0.25) is 0 Å². The maximum absolute atomic E-state index is 12.3. The maximum atomic E-state index is 12.3. The van der Waals surface area contributed by atoms with Gasteiger partial charge in [-0.3, -0.25) is 4.99 Å². The highest BCUT2D eigenvalue weighted by Crippen LogP contribution is 2.29.